The summed E-state index contributed by atoms with van der Waals surface area (Å²) in [5.74, 6) is -1.72. The molecule has 9 N–H and O–H groups in total. The summed E-state index contributed by atoms with van der Waals surface area (Å²) in [6.45, 7) is 1.47. The molecule has 0 aliphatic heterocycles. The molecule has 140 valence electrons. The Kier molecular flexibility index (Phi) is 14.7. The summed E-state index contributed by atoms with van der Waals surface area (Å²) >= 11 is 1.52. The molecule has 0 aliphatic carbocycles. The van der Waals surface area contributed by atoms with Gasteiger partial charge in [-0.25, -0.2) is 4.79 Å². The number of amides is 1. The van der Waals surface area contributed by atoms with Crippen molar-refractivity contribution in [1.82, 2.24) is 5.32 Å². The number of carbonyl (C=O) groups excluding carboxylic acids is 1. The van der Waals surface area contributed by atoms with E-state index in [2.05, 4.69) is 10.3 Å². The first kappa shape index (κ1) is 24.2. The van der Waals surface area contributed by atoms with E-state index < -0.39 is 29.9 Å². The fourth-order valence-electron chi connectivity index (χ4n) is 1.42. The van der Waals surface area contributed by atoms with E-state index in [0.717, 1.165) is 6.92 Å². The molecule has 0 aromatic heterocycles. The second kappa shape index (κ2) is 14.6. The van der Waals surface area contributed by atoms with E-state index in [4.69, 9.17) is 32.2 Å². The second-order valence-electron chi connectivity index (χ2n) is 4.76. The van der Waals surface area contributed by atoms with Gasteiger partial charge in [0.15, 0.2) is 5.96 Å². The molecule has 0 aromatic carbocycles. The third kappa shape index (κ3) is 16.4. The molecule has 0 bridgehead atoms. The summed E-state index contributed by atoms with van der Waals surface area (Å²) in [7, 11) is 0. The van der Waals surface area contributed by atoms with Gasteiger partial charge < -0.3 is 32.7 Å². The van der Waals surface area contributed by atoms with Crippen molar-refractivity contribution in [1.29, 1.82) is 0 Å². The number of nitrogens with two attached hydrogens (primary N) is 3. The number of carboxylic acids is 2. The number of hydrogen-bond donors (Lipinski definition) is 6. The molecule has 0 spiro atoms. The zero-order chi connectivity index (χ0) is 19.1. The largest absolute Gasteiger partial charge is 0.481 e. The maximum Gasteiger partial charge on any atom is 0.326 e. The predicted molar refractivity (Wildman–Crippen MR) is 93.8 cm³/mol. The van der Waals surface area contributed by atoms with Crippen molar-refractivity contribution in [3.8, 4) is 0 Å². The normalized spacial score (nSPS) is 12.1. The average Bonchev–Trinajstić information content (AvgIpc) is 2.46. The lowest BCUT2D eigenvalue weighted by atomic mass is 10.1. The number of aliphatic carboxylic acids is 2. The highest BCUT2D eigenvalue weighted by molar-refractivity contribution is 7.98. The number of carbonyl (C=O) groups is 3. The highest BCUT2D eigenvalue weighted by Crippen LogP contribution is 2.02. The molecule has 10 nitrogen and oxygen atoms in total. The first-order chi connectivity index (χ1) is 11.1. The lowest BCUT2D eigenvalue weighted by Crippen LogP contribution is -2.48. The smallest absolute Gasteiger partial charge is 0.326 e. The van der Waals surface area contributed by atoms with Crippen LogP contribution in [0.3, 0.4) is 0 Å². The summed E-state index contributed by atoms with van der Waals surface area (Å²) in [5, 5.41) is 18.9. The lowest BCUT2D eigenvalue weighted by Gasteiger charge is -2.17. The molecule has 0 heterocycles. The molecule has 0 saturated carbocycles. The van der Waals surface area contributed by atoms with Crippen LogP contribution in [0.25, 0.3) is 0 Å². The highest BCUT2D eigenvalue weighted by Gasteiger charge is 2.22. The van der Waals surface area contributed by atoms with Gasteiger partial charge >= 0.3 is 5.97 Å². The Labute approximate surface area is 145 Å². The molecule has 0 unspecified atom stereocenters. The number of thioether (sulfide) groups is 1. The molecule has 0 rings (SSSR count). The van der Waals surface area contributed by atoms with Crippen LogP contribution in [0, 0.1) is 0 Å². The Morgan fingerprint density at radius 1 is 1.21 bits per heavy atom. The molecular formula is C13H27N5O5S. The first-order valence-electron chi connectivity index (χ1n) is 7.14. The summed E-state index contributed by atoms with van der Waals surface area (Å²) in [5.41, 5.74) is 16.0. The minimum Gasteiger partial charge on any atom is -0.481 e. The standard InChI is InChI=1S/C11H23N5O3S.C2H4O2/c1-20-6-4-8(10(18)19)16-9(17)7(12)3-2-5-15-11(13)14;1-2(3)4/h7-8H,2-6,12H2,1H3,(H,16,17)(H,18,19)(H4,13,14,15);1H3,(H,3,4)/t7-,8-;/m0./s1. The molecular weight excluding hydrogens is 338 g/mol. The van der Waals surface area contributed by atoms with Gasteiger partial charge in [-0.2, -0.15) is 11.8 Å². The van der Waals surface area contributed by atoms with Crippen molar-refractivity contribution in [3.63, 3.8) is 0 Å². The van der Waals surface area contributed by atoms with Crippen LogP contribution in [0.5, 0.6) is 0 Å². The molecule has 24 heavy (non-hydrogen) atoms. The van der Waals surface area contributed by atoms with Crippen LogP contribution in [0.1, 0.15) is 26.2 Å². The molecule has 2 atom stereocenters. The zero-order valence-electron chi connectivity index (χ0n) is 13.9. The van der Waals surface area contributed by atoms with Gasteiger partial charge in [-0.15, -0.1) is 0 Å². The van der Waals surface area contributed by atoms with Crippen LogP contribution in [-0.4, -0.2) is 64.7 Å². The first-order valence-corrected chi connectivity index (χ1v) is 8.53. The van der Waals surface area contributed by atoms with Gasteiger partial charge in [-0.3, -0.25) is 14.6 Å². The van der Waals surface area contributed by atoms with Crippen LogP contribution in [0.2, 0.25) is 0 Å². The fourth-order valence-corrected chi connectivity index (χ4v) is 1.89. The summed E-state index contributed by atoms with van der Waals surface area (Å²) in [6, 6.07) is -1.67. The number of aliphatic imine (C=N–C) groups is 1. The van der Waals surface area contributed by atoms with E-state index >= 15 is 0 Å². The number of guanidine groups is 1. The summed E-state index contributed by atoms with van der Waals surface area (Å²) < 4.78 is 0. The molecule has 1 amide bonds. The van der Waals surface area contributed by atoms with E-state index in [-0.39, 0.29) is 5.96 Å². The Morgan fingerprint density at radius 3 is 2.17 bits per heavy atom. The van der Waals surface area contributed by atoms with Crippen LogP contribution in [0.15, 0.2) is 4.99 Å². The lowest BCUT2D eigenvalue weighted by molar-refractivity contribution is -0.142. The maximum absolute atomic E-state index is 11.8. The average molecular weight is 365 g/mol. The summed E-state index contributed by atoms with van der Waals surface area (Å²) in [4.78, 5) is 35.5. The Balaban J connectivity index is 0. The number of hydrogen-bond acceptors (Lipinski definition) is 6. The van der Waals surface area contributed by atoms with Gasteiger partial charge in [0, 0.05) is 13.5 Å². The van der Waals surface area contributed by atoms with Crippen LogP contribution >= 0.6 is 11.8 Å². The van der Waals surface area contributed by atoms with E-state index in [1.807, 2.05) is 6.26 Å². The van der Waals surface area contributed by atoms with Crippen LogP contribution in [0.4, 0.5) is 0 Å². The number of nitrogens with zero attached hydrogens (tertiary/aromatic N) is 1. The molecule has 0 aliphatic rings. The fraction of sp³-hybridized carbons (Fsp3) is 0.692. The van der Waals surface area contributed by atoms with Crippen molar-refractivity contribution < 1.29 is 24.6 Å². The number of carboxylic acid groups (broad SMARTS) is 2. The third-order valence-electron chi connectivity index (χ3n) is 2.53. The monoisotopic (exact) mass is 365 g/mol. The van der Waals surface area contributed by atoms with E-state index in [1.165, 1.54) is 11.8 Å². The summed E-state index contributed by atoms with van der Waals surface area (Å²) in [6.07, 6.45) is 3.17. The van der Waals surface area contributed by atoms with Crippen molar-refractivity contribution in [2.24, 2.45) is 22.2 Å². The molecule has 0 fully saturated rings. The van der Waals surface area contributed by atoms with Crippen molar-refractivity contribution >= 4 is 35.6 Å². The number of nitrogens with one attached hydrogen (secondary N) is 1. The van der Waals surface area contributed by atoms with Crippen molar-refractivity contribution in [3.05, 3.63) is 0 Å². The minimum absolute atomic E-state index is 0.00831. The highest BCUT2D eigenvalue weighted by atomic mass is 32.2. The van der Waals surface area contributed by atoms with Gasteiger partial charge in [-0.1, -0.05) is 0 Å². The molecule has 0 radical (unpaired) electrons. The minimum atomic E-state index is -1.06. The Bertz CT molecular complexity index is 425. The van der Waals surface area contributed by atoms with Crippen LogP contribution < -0.4 is 22.5 Å². The van der Waals surface area contributed by atoms with Gasteiger partial charge in [0.1, 0.15) is 6.04 Å². The second-order valence-corrected chi connectivity index (χ2v) is 5.74. The van der Waals surface area contributed by atoms with Gasteiger partial charge in [0.2, 0.25) is 5.91 Å². The molecule has 11 heteroatoms. The van der Waals surface area contributed by atoms with Crippen LogP contribution in [-0.2, 0) is 14.4 Å². The van der Waals surface area contributed by atoms with Gasteiger partial charge in [0.05, 0.1) is 6.04 Å². The Hall–Kier alpha value is -2.01. The topological polar surface area (TPSA) is 194 Å². The van der Waals surface area contributed by atoms with E-state index in [9.17, 15) is 9.59 Å². The zero-order valence-corrected chi connectivity index (χ0v) is 14.7. The van der Waals surface area contributed by atoms with Crippen molar-refractivity contribution in [2.75, 3.05) is 18.6 Å². The van der Waals surface area contributed by atoms with Gasteiger partial charge in [-0.05, 0) is 31.3 Å². The van der Waals surface area contributed by atoms with E-state index in [0.29, 0.717) is 31.6 Å². The van der Waals surface area contributed by atoms with Gasteiger partial charge in [0.25, 0.3) is 5.97 Å². The predicted octanol–water partition coefficient (Wildman–Crippen LogP) is -1.22. The molecule has 0 aromatic rings. The molecule has 0 saturated heterocycles. The quantitative estimate of drug-likeness (QED) is 0.156. The Morgan fingerprint density at radius 2 is 1.75 bits per heavy atom. The number of rotatable bonds is 10. The van der Waals surface area contributed by atoms with E-state index in [1.54, 1.807) is 0 Å². The SMILES string of the molecule is CC(=O)O.CSCC[C@H](NC(=O)[C@@H](N)CCCN=C(N)N)C(=O)O. The maximum atomic E-state index is 11.8. The van der Waals surface area contributed by atoms with Crippen molar-refractivity contribution in [2.45, 2.75) is 38.3 Å². The third-order valence-corrected chi connectivity index (χ3v) is 3.17.